The molecule has 2 aromatic heterocycles. The van der Waals surface area contributed by atoms with Crippen molar-refractivity contribution < 1.29 is 4.79 Å². The molecule has 4 rings (SSSR count). The summed E-state index contributed by atoms with van der Waals surface area (Å²) < 4.78 is 1.87. The largest absolute Gasteiger partial charge is 0.337 e. The summed E-state index contributed by atoms with van der Waals surface area (Å²) in [5, 5.41) is 6.82. The first-order valence-electron chi connectivity index (χ1n) is 9.63. The summed E-state index contributed by atoms with van der Waals surface area (Å²) in [6.45, 7) is 6.68. The first-order valence-corrected chi connectivity index (χ1v) is 10.5. The maximum absolute atomic E-state index is 12.6. The second kappa shape index (κ2) is 8.54. The van der Waals surface area contributed by atoms with Crippen molar-refractivity contribution in [2.24, 2.45) is 0 Å². The molecule has 1 aliphatic rings. The van der Waals surface area contributed by atoms with Gasteiger partial charge in [0.05, 0.1) is 10.6 Å². The van der Waals surface area contributed by atoms with Crippen molar-refractivity contribution in [3.05, 3.63) is 65.7 Å². The van der Waals surface area contributed by atoms with Gasteiger partial charge in [-0.15, -0.1) is 11.3 Å². The topological polar surface area (TPSA) is 41.4 Å². The lowest BCUT2D eigenvalue weighted by Crippen LogP contribution is -2.48. The summed E-state index contributed by atoms with van der Waals surface area (Å²) in [4.78, 5) is 18.0. The number of carbonyl (C=O) groups is 1. The SMILES string of the molecule is CCN1CCN(C(=O)/C=C/c2cn(-c3ccccc3)nc2-c2cccs2)CC1. The van der Waals surface area contributed by atoms with Crippen molar-refractivity contribution in [1.82, 2.24) is 19.6 Å². The van der Waals surface area contributed by atoms with Crippen LogP contribution in [0, 0.1) is 0 Å². The number of para-hydroxylation sites is 1. The van der Waals surface area contributed by atoms with E-state index in [4.69, 9.17) is 5.10 Å². The fourth-order valence-corrected chi connectivity index (χ4v) is 4.11. The Kier molecular flexibility index (Phi) is 5.69. The maximum Gasteiger partial charge on any atom is 0.246 e. The molecule has 0 bridgehead atoms. The van der Waals surface area contributed by atoms with Crippen molar-refractivity contribution in [2.75, 3.05) is 32.7 Å². The number of amides is 1. The molecule has 1 aliphatic heterocycles. The molecule has 0 spiro atoms. The van der Waals surface area contributed by atoms with E-state index in [1.54, 1.807) is 17.4 Å². The number of carbonyl (C=O) groups excluding carboxylic acids is 1. The Morgan fingerprint density at radius 3 is 2.57 bits per heavy atom. The van der Waals surface area contributed by atoms with E-state index in [2.05, 4.69) is 17.9 Å². The van der Waals surface area contributed by atoms with E-state index in [1.165, 1.54) is 0 Å². The zero-order valence-electron chi connectivity index (χ0n) is 16.0. The molecule has 0 atom stereocenters. The van der Waals surface area contributed by atoms with Crippen molar-refractivity contribution >= 4 is 23.3 Å². The fraction of sp³-hybridized carbons (Fsp3) is 0.273. The molecule has 1 saturated heterocycles. The number of nitrogens with zero attached hydrogens (tertiary/aromatic N) is 4. The summed E-state index contributed by atoms with van der Waals surface area (Å²) in [7, 11) is 0. The van der Waals surface area contributed by atoms with Crippen LogP contribution >= 0.6 is 11.3 Å². The minimum Gasteiger partial charge on any atom is -0.337 e. The van der Waals surface area contributed by atoms with E-state index in [9.17, 15) is 4.79 Å². The summed E-state index contributed by atoms with van der Waals surface area (Å²) in [6, 6.07) is 14.1. The van der Waals surface area contributed by atoms with E-state index in [-0.39, 0.29) is 5.91 Å². The minimum atomic E-state index is 0.0698. The number of likely N-dealkylation sites (N-methyl/N-ethyl adjacent to an activating group) is 1. The van der Waals surface area contributed by atoms with E-state index in [0.717, 1.165) is 54.5 Å². The molecule has 6 heteroatoms. The normalized spacial score (nSPS) is 15.4. The Morgan fingerprint density at radius 2 is 1.89 bits per heavy atom. The van der Waals surface area contributed by atoms with Crippen LogP contribution in [0.1, 0.15) is 12.5 Å². The Hall–Kier alpha value is -2.70. The smallest absolute Gasteiger partial charge is 0.246 e. The molecule has 3 heterocycles. The number of hydrogen-bond acceptors (Lipinski definition) is 4. The predicted octanol–water partition coefficient (Wildman–Crippen LogP) is 3.78. The number of benzene rings is 1. The average molecular weight is 393 g/mol. The third-order valence-corrected chi connectivity index (χ3v) is 5.93. The van der Waals surface area contributed by atoms with Crippen LogP contribution in [0.4, 0.5) is 0 Å². The summed E-state index contributed by atoms with van der Waals surface area (Å²) in [5.41, 5.74) is 2.85. The Morgan fingerprint density at radius 1 is 1.11 bits per heavy atom. The first-order chi connectivity index (χ1) is 13.7. The number of rotatable bonds is 5. The van der Waals surface area contributed by atoms with Gasteiger partial charge in [0.1, 0.15) is 5.69 Å². The van der Waals surface area contributed by atoms with Crippen LogP contribution in [0.5, 0.6) is 0 Å². The molecule has 0 saturated carbocycles. The highest BCUT2D eigenvalue weighted by Crippen LogP contribution is 2.28. The quantitative estimate of drug-likeness (QED) is 0.621. The Bertz CT molecular complexity index is 938. The average Bonchev–Trinajstić information content (AvgIpc) is 3.42. The Labute approximate surface area is 169 Å². The molecule has 144 valence electrons. The number of hydrogen-bond donors (Lipinski definition) is 0. The van der Waals surface area contributed by atoms with Gasteiger partial charge in [-0.1, -0.05) is 31.2 Å². The summed E-state index contributed by atoms with van der Waals surface area (Å²) >= 11 is 1.65. The van der Waals surface area contributed by atoms with Gasteiger partial charge < -0.3 is 9.80 Å². The molecule has 0 aliphatic carbocycles. The molecule has 0 radical (unpaired) electrons. The van der Waals surface area contributed by atoms with E-state index in [1.807, 2.05) is 63.6 Å². The standard InChI is InChI=1S/C22H24N4OS/c1-2-24-12-14-25(15-13-24)21(27)11-10-18-17-26(19-7-4-3-5-8-19)23-22(18)20-9-6-16-28-20/h3-11,16-17H,2,12-15H2,1H3/b11-10+. The van der Waals surface area contributed by atoms with Crippen LogP contribution in [0.15, 0.2) is 60.1 Å². The monoisotopic (exact) mass is 392 g/mol. The molecule has 3 aromatic rings. The van der Waals surface area contributed by atoms with Crippen LogP contribution in [-0.2, 0) is 4.79 Å². The van der Waals surface area contributed by atoms with Gasteiger partial charge in [0, 0.05) is 44.0 Å². The lowest BCUT2D eigenvalue weighted by atomic mass is 10.2. The van der Waals surface area contributed by atoms with Gasteiger partial charge in [-0.05, 0) is 36.2 Å². The molecular weight excluding hydrogens is 368 g/mol. The molecule has 28 heavy (non-hydrogen) atoms. The number of aromatic nitrogens is 2. The van der Waals surface area contributed by atoms with E-state index in [0.29, 0.717) is 0 Å². The molecule has 1 fully saturated rings. The highest BCUT2D eigenvalue weighted by molar-refractivity contribution is 7.13. The minimum absolute atomic E-state index is 0.0698. The van der Waals surface area contributed by atoms with Crippen LogP contribution in [0.25, 0.3) is 22.3 Å². The zero-order chi connectivity index (χ0) is 19.3. The maximum atomic E-state index is 12.6. The van der Waals surface area contributed by atoms with Gasteiger partial charge in [0.15, 0.2) is 0 Å². The summed E-state index contributed by atoms with van der Waals surface area (Å²) in [6.07, 6.45) is 5.57. The predicted molar refractivity (Wildman–Crippen MR) is 115 cm³/mol. The fourth-order valence-electron chi connectivity index (χ4n) is 3.38. The second-order valence-corrected chi connectivity index (χ2v) is 7.73. The van der Waals surface area contributed by atoms with Gasteiger partial charge >= 0.3 is 0 Å². The van der Waals surface area contributed by atoms with Crippen LogP contribution < -0.4 is 0 Å². The van der Waals surface area contributed by atoms with Crippen molar-refractivity contribution in [1.29, 1.82) is 0 Å². The van der Waals surface area contributed by atoms with Crippen LogP contribution in [-0.4, -0.2) is 58.2 Å². The molecule has 1 aromatic carbocycles. The molecule has 5 nitrogen and oxygen atoms in total. The molecular formula is C22H24N4OS. The lowest BCUT2D eigenvalue weighted by Gasteiger charge is -2.33. The third-order valence-electron chi connectivity index (χ3n) is 5.05. The van der Waals surface area contributed by atoms with E-state index >= 15 is 0 Å². The summed E-state index contributed by atoms with van der Waals surface area (Å²) in [5.74, 6) is 0.0698. The van der Waals surface area contributed by atoms with Crippen molar-refractivity contribution in [3.8, 4) is 16.3 Å². The number of thiophene rings is 1. The lowest BCUT2D eigenvalue weighted by molar-refractivity contribution is -0.127. The third kappa shape index (κ3) is 4.08. The van der Waals surface area contributed by atoms with Crippen LogP contribution in [0.3, 0.4) is 0 Å². The van der Waals surface area contributed by atoms with Gasteiger partial charge in [0.25, 0.3) is 0 Å². The first kappa shape index (κ1) is 18.7. The van der Waals surface area contributed by atoms with E-state index < -0.39 is 0 Å². The van der Waals surface area contributed by atoms with Gasteiger partial charge in [-0.25, -0.2) is 4.68 Å². The number of piperazine rings is 1. The highest BCUT2D eigenvalue weighted by Gasteiger charge is 2.18. The van der Waals surface area contributed by atoms with Gasteiger partial charge in [0.2, 0.25) is 5.91 Å². The second-order valence-electron chi connectivity index (χ2n) is 6.78. The van der Waals surface area contributed by atoms with Gasteiger partial charge in [-0.3, -0.25) is 4.79 Å². The highest BCUT2D eigenvalue weighted by atomic mass is 32.1. The zero-order valence-corrected chi connectivity index (χ0v) is 16.8. The molecule has 0 N–H and O–H groups in total. The Balaban J connectivity index is 1.57. The van der Waals surface area contributed by atoms with Crippen molar-refractivity contribution in [2.45, 2.75) is 6.92 Å². The van der Waals surface area contributed by atoms with Gasteiger partial charge in [-0.2, -0.15) is 5.10 Å². The van der Waals surface area contributed by atoms with Crippen molar-refractivity contribution in [3.63, 3.8) is 0 Å². The molecule has 0 unspecified atom stereocenters. The molecule has 1 amide bonds. The van der Waals surface area contributed by atoms with Crippen LogP contribution in [0.2, 0.25) is 0 Å².